The maximum atomic E-state index is 4.32. The van der Waals surface area contributed by atoms with Crippen LogP contribution in [0.1, 0.15) is 24.0 Å². The molecule has 0 aliphatic heterocycles. The number of allylic oxidation sites excluding steroid dienone is 8. The summed E-state index contributed by atoms with van der Waals surface area (Å²) in [5.74, 6) is 0. The van der Waals surface area contributed by atoms with Crippen molar-refractivity contribution >= 4 is 11.1 Å². The summed E-state index contributed by atoms with van der Waals surface area (Å²) in [5, 5.41) is 0. The molecule has 6 rings (SSSR count). The monoisotopic (exact) mass is 538 g/mol. The van der Waals surface area contributed by atoms with Gasteiger partial charge in [-0.25, -0.2) is 0 Å². The van der Waals surface area contributed by atoms with Gasteiger partial charge in [0.15, 0.2) is 0 Å². The molecule has 0 bridgehead atoms. The molecule has 1 aliphatic carbocycles. The van der Waals surface area contributed by atoms with Crippen LogP contribution in [0.4, 0.5) is 0 Å². The maximum Gasteiger partial charge on any atom is -0.00991 e. The first-order valence-electron chi connectivity index (χ1n) is 14.6. The molecule has 0 unspecified atom stereocenters. The van der Waals surface area contributed by atoms with Crippen LogP contribution in [0.3, 0.4) is 0 Å². The molecule has 1 aliphatic rings. The summed E-state index contributed by atoms with van der Waals surface area (Å²) in [6.07, 6.45) is 10.8. The van der Waals surface area contributed by atoms with Crippen LogP contribution >= 0.6 is 0 Å². The van der Waals surface area contributed by atoms with Crippen LogP contribution in [0.5, 0.6) is 0 Å². The number of hydrogen-bond donors (Lipinski definition) is 0. The van der Waals surface area contributed by atoms with Gasteiger partial charge in [-0.3, -0.25) is 0 Å². The Morgan fingerprint density at radius 3 is 1.50 bits per heavy atom. The molecule has 0 nitrogen and oxygen atoms in total. The van der Waals surface area contributed by atoms with Crippen LogP contribution in [-0.2, 0) is 0 Å². The molecule has 0 heterocycles. The molecule has 0 amide bonds. The van der Waals surface area contributed by atoms with E-state index < -0.39 is 0 Å². The lowest BCUT2D eigenvalue weighted by Gasteiger charge is -2.24. The van der Waals surface area contributed by atoms with Crippen LogP contribution in [0.25, 0.3) is 44.5 Å². The van der Waals surface area contributed by atoms with Crippen LogP contribution in [-0.4, -0.2) is 0 Å². The van der Waals surface area contributed by atoms with Crippen LogP contribution in [0.15, 0.2) is 182 Å². The average molecular weight is 539 g/mol. The van der Waals surface area contributed by atoms with E-state index in [1.807, 2.05) is 12.2 Å². The zero-order valence-corrected chi connectivity index (χ0v) is 23.8. The number of hydrogen-bond acceptors (Lipinski definition) is 0. The Balaban J connectivity index is 1.52. The lowest BCUT2D eigenvalue weighted by molar-refractivity contribution is 1.03. The Hall–Kier alpha value is -5.20. The van der Waals surface area contributed by atoms with Crippen molar-refractivity contribution in [3.8, 4) is 33.4 Å². The summed E-state index contributed by atoms with van der Waals surface area (Å²) < 4.78 is 0. The van der Waals surface area contributed by atoms with E-state index in [0.29, 0.717) is 0 Å². The summed E-state index contributed by atoms with van der Waals surface area (Å²) in [4.78, 5) is 0. The second kappa shape index (κ2) is 12.5. The van der Waals surface area contributed by atoms with Gasteiger partial charge in [0.2, 0.25) is 0 Å². The molecule has 0 fully saturated rings. The van der Waals surface area contributed by atoms with Crippen molar-refractivity contribution in [1.29, 1.82) is 0 Å². The van der Waals surface area contributed by atoms with Crippen LogP contribution in [0.2, 0.25) is 0 Å². The summed E-state index contributed by atoms with van der Waals surface area (Å²) in [7, 11) is 0. The summed E-state index contributed by atoms with van der Waals surface area (Å²) in [6, 6.07) is 47.3. The SMILES string of the molecule is C=C/C(C1=CCCC=C1c1ccccc1-c1ccccc1-c1ccccc1)=C(\C=C)c1ccccc1-c1ccccc1. The minimum Gasteiger partial charge on any atom is -0.0984 e. The topological polar surface area (TPSA) is 0 Å². The van der Waals surface area contributed by atoms with Gasteiger partial charge in [-0.1, -0.05) is 171 Å². The quantitative estimate of drug-likeness (QED) is 0.172. The van der Waals surface area contributed by atoms with E-state index >= 15 is 0 Å². The van der Waals surface area contributed by atoms with Gasteiger partial charge in [0.05, 0.1) is 0 Å². The Morgan fingerprint density at radius 2 is 0.881 bits per heavy atom. The zero-order chi connectivity index (χ0) is 28.7. The molecule has 0 N–H and O–H groups in total. The van der Waals surface area contributed by atoms with Gasteiger partial charge >= 0.3 is 0 Å². The Kier molecular flexibility index (Phi) is 8.06. The lowest BCUT2D eigenvalue weighted by Crippen LogP contribution is -2.02. The van der Waals surface area contributed by atoms with E-state index in [9.17, 15) is 0 Å². The predicted molar refractivity (Wildman–Crippen MR) is 182 cm³/mol. The molecule has 0 atom stereocenters. The lowest BCUT2D eigenvalue weighted by atomic mass is 9.80. The van der Waals surface area contributed by atoms with E-state index in [-0.39, 0.29) is 0 Å². The molecule has 0 saturated heterocycles. The maximum absolute atomic E-state index is 4.32. The number of rotatable bonds is 8. The summed E-state index contributed by atoms with van der Waals surface area (Å²) >= 11 is 0. The van der Waals surface area contributed by atoms with Gasteiger partial charge in [0.1, 0.15) is 0 Å². The molecule has 0 saturated carbocycles. The third kappa shape index (κ3) is 5.28. The van der Waals surface area contributed by atoms with Gasteiger partial charge < -0.3 is 0 Å². The molecule has 0 aromatic heterocycles. The molecule has 0 spiro atoms. The van der Waals surface area contributed by atoms with E-state index in [2.05, 4.69) is 159 Å². The van der Waals surface area contributed by atoms with Crippen molar-refractivity contribution in [3.63, 3.8) is 0 Å². The van der Waals surface area contributed by atoms with Crippen molar-refractivity contribution in [1.82, 2.24) is 0 Å². The van der Waals surface area contributed by atoms with Crippen molar-refractivity contribution in [2.24, 2.45) is 0 Å². The molecule has 0 radical (unpaired) electrons. The minimum atomic E-state index is 0.990. The predicted octanol–water partition coefficient (Wildman–Crippen LogP) is 11.6. The first-order chi connectivity index (χ1) is 20.8. The molecule has 5 aromatic carbocycles. The molecule has 0 heteroatoms. The van der Waals surface area contributed by atoms with E-state index in [1.54, 1.807) is 0 Å². The van der Waals surface area contributed by atoms with Crippen LogP contribution in [0, 0.1) is 0 Å². The van der Waals surface area contributed by atoms with E-state index in [0.717, 1.165) is 29.6 Å². The highest BCUT2D eigenvalue weighted by Gasteiger charge is 2.21. The van der Waals surface area contributed by atoms with Gasteiger partial charge in [-0.15, -0.1) is 0 Å². The van der Waals surface area contributed by atoms with Crippen LogP contribution < -0.4 is 0 Å². The zero-order valence-electron chi connectivity index (χ0n) is 23.8. The van der Waals surface area contributed by atoms with Crippen molar-refractivity contribution in [2.75, 3.05) is 0 Å². The second-order valence-electron chi connectivity index (χ2n) is 10.4. The smallest absolute Gasteiger partial charge is 0.00991 e. The Bertz CT molecular complexity index is 1830. The average Bonchev–Trinajstić information content (AvgIpc) is 3.08. The summed E-state index contributed by atoms with van der Waals surface area (Å²) in [6.45, 7) is 8.61. The second-order valence-corrected chi connectivity index (χ2v) is 10.4. The standard InChI is InChI=1S/C42H34/c1-3-33(37-25-13-11-23-35(37)31-19-7-5-8-20-31)34(4-2)38-26-15-16-28-40(38)42-30-18-17-29-41(42)39-27-14-12-24-36(39)32-21-9-6-10-22-32/h3-14,17-30H,1-2,15-16H2/b34-33-. The van der Waals surface area contributed by atoms with Crippen molar-refractivity contribution in [3.05, 3.63) is 193 Å². The third-order valence-corrected chi connectivity index (χ3v) is 7.96. The van der Waals surface area contributed by atoms with Crippen molar-refractivity contribution < 1.29 is 0 Å². The van der Waals surface area contributed by atoms with Gasteiger partial charge in [-0.05, 0) is 79.6 Å². The van der Waals surface area contributed by atoms with E-state index in [1.165, 1.54) is 50.1 Å². The molecule has 5 aromatic rings. The first-order valence-corrected chi connectivity index (χ1v) is 14.6. The normalized spacial score (nSPS) is 13.4. The van der Waals surface area contributed by atoms with Gasteiger partial charge in [-0.2, -0.15) is 0 Å². The molecule has 202 valence electrons. The number of benzene rings is 5. The first kappa shape index (κ1) is 27.0. The molecule has 42 heavy (non-hydrogen) atoms. The molecular formula is C42H34. The fraction of sp³-hybridized carbons (Fsp3) is 0.0476. The summed E-state index contributed by atoms with van der Waals surface area (Å²) in [5.41, 5.74) is 14.3. The van der Waals surface area contributed by atoms with Gasteiger partial charge in [0.25, 0.3) is 0 Å². The molecular weight excluding hydrogens is 504 g/mol. The van der Waals surface area contributed by atoms with E-state index in [4.69, 9.17) is 0 Å². The highest BCUT2D eigenvalue weighted by molar-refractivity contribution is 5.99. The van der Waals surface area contributed by atoms with Gasteiger partial charge in [0, 0.05) is 0 Å². The highest BCUT2D eigenvalue weighted by Crippen LogP contribution is 2.43. The highest BCUT2D eigenvalue weighted by atomic mass is 14.2. The largest absolute Gasteiger partial charge is 0.0984 e. The fourth-order valence-corrected chi connectivity index (χ4v) is 6.04. The minimum absolute atomic E-state index is 0.990. The Morgan fingerprint density at radius 1 is 0.429 bits per heavy atom. The fourth-order valence-electron chi connectivity index (χ4n) is 6.04. The van der Waals surface area contributed by atoms with Crippen molar-refractivity contribution in [2.45, 2.75) is 12.8 Å². The Labute approximate surface area is 250 Å². The third-order valence-electron chi connectivity index (χ3n) is 7.96.